The lowest BCUT2D eigenvalue weighted by atomic mass is 9.70. The molecule has 0 N–H and O–H groups in total. The number of aryl methyl sites for hydroxylation is 1. The molecule has 1 heterocycles. The van der Waals surface area contributed by atoms with Gasteiger partial charge >= 0.3 is 0 Å². The maximum absolute atomic E-state index is 13.8. The molecule has 0 unspecified atom stereocenters. The molecule has 1 fully saturated rings. The molecule has 3 rings (SSSR count). The highest BCUT2D eigenvalue weighted by Gasteiger charge is 2.45. The maximum atomic E-state index is 13.8. The number of carbonyl (C=O) groups is 1. The number of hydrogen-bond acceptors (Lipinski definition) is 3. The van der Waals surface area contributed by atoms with E-state index in [9.17, 15) is 9.18 Å². The number of carbonyl (C=O) groups excluding carboxylic acids is 1. The summed E-state index contributed by atoms with van der Waals surface area (Å²) in [5, 5.41) is 0. The number of allylic oxidation sites excluding steroid dienone is 4. The first-order valence-electron chi connectivity index (χ1n) is 8.77. The second kappa shape index (κ2) is 7.32. The van der Waals surface area contributed by atoms with Gasteiger partial charge < -0.3 is 0 Å². The summed E-state index contributed by atoms with van der Waals surface area (Å²) < 4.78 is 14.0. The van der Waals surface area contributed by atoms with Gasteiger partial charge in [-0.05, 0) is 83.6 Å². The molecule has 0 radical (unpaired) electrons. The Morgan fingerprint density at radius 3 is 2.56 bits per heavy atom. The first kappa shape index (κ1) is 18.8. The molecule has 1 aromatic rings. The van der Waals surface area contributed by atoms with Gasteiger partial charge in [0.2, 0.25) is 0 Å². The number of thioether (sulfide) groups is 2. The van der Waals surface area contributed by atoms with E-state index in [1.165, 1.54) is 29.1 Å². The minimum atomic E-state index is -0.166. The zero-order valence-electron chi connectivity index (χ0n) is 15.1. The number of rotatable bonds is 3. The fraction of sp³-hybridized carbons (Fsp3) is 0.476. The predicted octanol–water partition coefficient (Wildman–Crippen LogP) is 6.03. The Morgan fingerprint density at radius 2 is 1.92 bits per heavy atom. The number of hydrogen-bond donors (Lipinski definition) is 0. The molecular weight excluding hydrogens is 351 g/mol. The summed E-state index contributed by atoms with van der Waals surface area (Å²) in [6.45, 7) is 6.35. The smallest absolute Gasteiger partial charge is 0.142 e. The number of benzene rings is 1. The first-order chi connectivity index (χ1) is 11.9. The second-order valence-electron chi connectivity index (χ2n) is 7.55. The summed E-state index contributed by atoms with van der Waals surface area (Å²) in [5.74, 6) is 2.25. The van der Waals surface area contributed by atoms with Crippen molar-refractivity contribution in [2.45, 2.75) is 44.1 Å². The van der Waals surface area contributed by atoms with Crippen molar-refractivity contribution in [1.82, 2.24) is 0 Å². The zero-order chi connectivity index (χ0) is 18.1. The van der Waals surface area contributed by atoms with Crippen molar-refractivity contribution in [2.24, 2.45) is 5.41 Å². The van der Waals surface area contributed by atoms with Gasteiger partial charge in [0.15, 0.2) is 0 Å². The predicted molar refractivity (Wildman–Crippen MR) is 109 cm³/mol. The lowest BCUT2D eigenvalue weighted by molar-refractivity contribution is -0.104. The summed E-state index contributed by atoms with van der Waals surface area (Å²) in [5.41, 5.74) is 4.21. The van der Waals surface area contributed by atoms with Gasteiger partial charge in [-0.3, -0.25) is 4.79 Å². The maximum Gasteiger partial charge on any atom is 0.142 e. The molecule has 0 aromatic heterocycles. The van der Waals surface area contributed by atoms with Crippen LogP contribution in [0.4, 0.5) is 4.39 Å². The van der Waals surface area contributed by atoms with Crippen LogP contribution in [0.15, 0.2) is 35.9 Å². The van der Waals surface area contributed by atoms with Crippen LogP contribution in [0.25, 0.3) is 5.57 Å². The van der Waals surface area contributed by atoms with Gasteiger partial charge in [-0.2, -0.15) is 0 Å². The van der Waals surface area contributed by atoms with Gasteiger partial charge in [0.25, 0.3) is 0 Å². The van der Waals surface area contributed by atoms with E-state index < -0.39 is 0 Å². The van der Waals surface area contributed by atoms with E-state index >= 15 is 0 Å². The monoisotopic (exact) mass is 376 g/mol. The zero-order valence-corrected chi connectivity index (χ0v) is 16.7. The van der Waals surface area contributed by atoms with E-state index in [-0.39, 0.29) is 15.3 Å². The SMILES string of the molecule is Cc1cc(C2=C(C=CC=O)C(C)(C)CC3(C2)SCCCS3)ccc1F. The Bertz CT molecular complexity index is 727. The van der Waals surface area contributed by atoms with Gasteiger partial charge in [-0.25, -0.2) is 4.39 Å². The molecule has 0 bridgehead atoms. The first-order valence-corrected chi connectivity index (χ1v) is 10.7. The van der Waals surface area contributed by atoms with Crippen molar-refractivity contribution in [1.29, 1.82) is 0 Å². The third-order valence-corrected chi connectivity index (χ3v) is 8.40. The van der Waals surface area contributed by atoms with Crippen LogP contribution >= 0.6 is 23.5 Å². The van der Waals surface area contributed by atoms with Gasteiger partial charge in [0, 0.05) is 0 Å². The third-order valence-electron chi connectivity index (χ3n) is 5.08. The van der Waals surface area contributed by atoms with Crippen molar-refractivity contribution in [3.63, 3.8) is 0 Å². The molecule has 1 aromatic carbocycles. The largest absolute Gasteiger partial charge is 0.299 e. The quantitative estimate of drug-likeness (QED) is 0.474. The number of aldehydes is 1. The summed E-state index contributed by atoms with van der Waals surface area (Å²) in [7, 11) is 0. The minimum Gasteiger partial charge on any atom is -0.299 e. The van der Waals surface area contributed by atoms with Crippen LogP contribution in [-0.2, 0) is 4.79 Å². The molecule has 1 aliphatic heterocycles. The van der Waals surface area contributed by atoms with Gasteiger partial charge in [-0.15, -0.1) is 23.5 Å². The van der Waals surface area contributed by atoms with E-state index in [4.69, 9.17) is 0 Å². The molecule has 134 valence electrons. The third kappa shape index (κ3) is 3.90. The average molecular weight is 377 g/mol. The Hall–Kier alpha value is -1.00. The van der Waals surface area contributed by atoms with Crippen molar-refractivity contribution in [2.75, 3.05) is 11.5 Å². The van der Waals surface area contributed by atoms with E-state index in [2.05, 4.69) is 37.4 Å². The van der Waals surface area contributed by atoms with Crippen molar-refractivity contribution >= 4 is 35.4 Å². The van der Waals surface area contributed by atoms with E-state index in [1.54, 1.807) is 12.1 Å². The summed E-state index contributed by atoms with van der Waals surface area (Å²) in [6, 6.07) is 5.40. The van der Waals surface area contributed by atoms with Gasteiger partial charge in [-0.1, -0.05) is 26.0 Å². The fourth-order valence-corrected chi connectivity index (χ4v) is 7.73. The molecule has 25 heavy (non-hydrogen) atoms. The normalized spacial score (nSPS) is 22.6. The Balaban J connectivity index is 2.14. The summed E-state index contributed by atoms with van der Waals surface area (Å²) in [4.78, 5) is 10.9. The minimum absolute atomic E-state index is 0.0211. The van der Waals surface area contributed by atoms with Gasteiger partial charge in [0.05, 0.1) is 4.08 Å². The molecule has 1 nitrogen and oxygen atoms in total. The van der Waals surface area contributed by atoms with Crippen molar-refractivity contribution in [3.05, 3.63) is 52.9 Å². The Labute approximate surface area is 158 Å². The van der Waals surface area contributed by atoms with Crippen LogP contribution in [0.5, 0.6) is 0 Å². The van der Waals surface area contributed by atoms with Crippen LogP contribution in [0.3, 0.4) is 0 Å². The molecule has 0 saturated carbocycles. The Kier molecular flexibility index (Phi) is 5.50. The van der Waals surface area contributed by atoms with E-state index in [0.29, 0.717) is 5.56 Å². The van der Waals surface area contributed by atoms with Crippen LogP contribution in [-0.4, -0.2) is 21.9 Å². The lowest BCUT2D eigenvalue weighted by Gasteiger charge is -2.47. The Morgan fingerprint density at radius 1 is 1.20 bits per heavy atom. The summed E-state index contributed by atoms with van der Waals surface area (Å²) in [6.07, 6.45) is 7.72. The molecule has 1 saturated heterocycles. The van der Waals surface area contributed by atoms with E-state index in [0.717, 1.165) is 24.7 Å². The average Bonchev–Trinajstić information content (AvgIpc) is 2.56. The molecule has 0 amide bonds. The highest BCUT2D eigenvalue weighted by Crippen LogP contribution is 2.59. The van der Waals surface area contributed by atoms with Crippen molar-refractivity contribution in [3.8, 4) is 0 Å². The molecule has 4 heteroatoms. The van der Waals surface area contributed by atoms with Crippen LogP contribution in [0.1, 0.15) is 44.2 Å². The summed E-state index contributed by atoms with van der Waals surface area (Å²) >= 11 is 4.16. The standard InChI is InChI=1S/C21H25FOS2/c1-15-12-16(7-8-19(15)22)17-13-21(24-10-5-11-25-21)14-20(2,3)18(17)6-4-9-23/h4,6-9,12H,5,10-11,13-14H2,1-3H3. The lowest BCUT2D eigenvalue weighted by Crippen LogP contribution is -2.37. The topological polar surface area (TPSA) is 17.1 Å². The van der Waals surface area contributed by atoms with Crippen LogP contribution in [0, 0.1) is 18.2 Å². The fourth-order valence-electron chi connectivity index (χ4n) is 3.98. The second-order valence-corrected chi connectivity index (χ2v) is 10.8. The van der Waals surface area contributed by atoms with Gasteiger partial charge in [0.1, 0.15) is 12.1 Å². The molecular formula is C21H25FOS2. The molecule has 1 aliphatic carbocycles. The van der Waals surface area contributed by atoms with Crippen molar-refractivity contribution < 1.29 is 9.18 Å². The number of halogens is 1. The molecule has 1 spiro atoms. The van der Waals surface area contributed by atoms with E-state index in [1.807, 2.05) is 25.1 Å². The van der Waals surface area contributed by atoms with Crippen LogP contribution < -0.4 is 0 Å². The molecule has 2 aliphatic rings. The highest BCUT2D eigenvalue weighted by atomic mass is 32.2. The molecule has 0 atom stereocenters. The highest BCUT2D eigenvalue weighted by molar-refractivity contribution is 8.18. The van der Waals surface area contributed by atoms with Crippen LogP contribution in [0.2, 0.25) is 0 Å².